The Morgan fingerprint density at radius 2 is 1.85 bits per heavy atom. The Morgan fingerprint density at radius 3 is 2.35 bits per heavy atom. The maximum absolute atomic E-state index is 11.5. The molecular formula is C20H23NO5. The molecule has 1 amide bonds. The van der Waals surface area contributed by atoms with E-state index in [2.05, 4.69) is 17.4 Å². The molecule has 26 heavy (non-hydrogen) atoms. The number of esters is 1. The molecule has 6 heteroatoms. The van der Waals surface area contributed by atoms with Gasteiger partial charge in [0.1, 0.15) is 12.4 Å². The van der Waals surface area contributed by atoms with Gasteiger partial charge in [0.2, 0.25) is 0 Å². The van der Waals surface area contributed by atoms with Crippen LogP contribution in [-0.2, 0) is 22.5 Å². The monoisotopic (exact) mass is 357 g/mol. The molecule has 0 unspecified atom stereocenters. The highest BCUT2D eigenvalue weighted by atomic mass is 16.5. The molecule has 6 nitrogen and oxygen atoms in total. The van der Waals surface area contributed by atoms with Gasteiger partial charge in [0.25, 0.3) is 0 Å². The van der Waals surface area contributed by atoms with E-state index in [0.717, 1.165) is 17.9 Å². The summed E-state index contributed by atoms with van der Waals surface area (Å²) in [4.78, 5) is 22.6. The summed E-state index contributed by atoms with van der Waals surface area (Å²) in [6.07, 6.45) is 0.0948. The second-order valence-corrected chi connectivity index (χ2v) is 5.48. The van der Waals surface area contributed by atoms with Crippen LogP contribution in [0.3, 0.4) is 0 Å². The van der Waals surface area contributed by atoms with Crippen LogP contribution in [0.5, 0.6) is 5.75 Å². The van der Waals surface area contributed by atoms with Crippen molar-refractivity contribution in [1.82, 2.24) is 5.32 Å². The van der Waals surface area contributed by atoms with Crippen molar-refractivity contribution >= 4 is 12.1 Å². The largest absolute Gasteiger partial charge is 0.489 e. The van der Waals surface area contributed by atoms with Crippen LogP contribution < -0.4 is 10.1 Å². The molecule has 0 spiro atoms. The van der Waals surface area contributed by atoms with Crippen molar-refractivity contribution < 1.29 is 23.8 Å². The minimum absolute atomic E-state index is 0.338. The standard InChI is InChI=1S/C13H17NO4.C7H6O/c1-3-18-13(16)14-9-8-10-6-4-5-7-11(10)12(15)17-2;1-3-7-4-2-6(1)5-8-7/h4-7H,3,8-9H2,1-2H3,(H,14,16);1-4H,5H2. The van der Waals surface area contributed by atoms with Crippen LogP contribution in [0, 0.1) is 0 Å². The number of rotatable bonds is 5. The molecule has 2 aliphatic rings. The highest BCUT2D eigenvalue weighted by Crippen LogP contribution is 2.19. The van der Waals surface area contributed by atoms with E-state index in [1.807, 2.05) is 24.3 Å². The molecule has 0 fully saturated rings. The van der Waals surface area contributed by atoms with E-state index in [1.54, 1.807) is 19.1 Å². The predicted octanol–water partition coefficient (Wildman–Crippen LogP) is 3.34. The number of carbonyl (C=O) groups excluding carboxylic acids is 2. The van der Waals surface area contributed by atoms with E-state index in [4.69, 9.17) is 14.2 Å². The van der Waals surface area contributed by atoms with Crippen molar-refractivity contribution in [2.75, 3.05) is 20.3 Å². The lowest BCUT2D eigenvalue weighted by Gasteiger charge is -2.11. The SMILES string of the molecule is CCOC(=O)NCCc1ccccc1C(=O)OC.c1cc2ccc1CO2. The molecule has 0 radical (unpaired) electrons. The Bertz CT molecular complexity index is 704. The molecule has 0 aromatic heterocycles. The van der Waals surface area contributed by atoms with Gasteiger partial charge < -0.3 is 19.5 Å². The fraction of sp³-hybridized carbons (Fsp3) is 0.300. The van der Waals surface area contributed by atoms with Crippen molar-refractivity contribution in [2.24, 2.45) is 0 Å². The molecule has 2 aromatic rings. The molecule has 2 aliphatic heterocycles. The minimum atomic E-state index is -0.451. The lowest BCUT2D eigenvalue weighted by molar-refractivity contribution is 0.0599. The third kappa shape index (κ3) is 5.81. The zero-order valence-corrected chi connectivity index (χ0v) is 15.0. The summed E-state index contributed by atoms with van der Waals surface area (Å²) in [7, 11) is 1.34. The number of benzene rings is 2. The normalized spacial score (nSPS) is 10.8. The number of carbonyl (C=O) groups is 2. The number of methoxy groups -OCH3 is 1. The number of hydrogen-bond donors (Lipinski definition) is 1. The highest BCUT2D eigenvalue weighted by Gasteiger charge is 2.10. The smallest absolute Gasteiger partial charge is 0.407 e. The number of amides is 1. The van der Waals surface area contributed by atoms with Crippen molar-refractivity contribution in [3.63, 3.8) is 0 Å². The summed E-state index contributed by atoms with van der Waals surface area (Å²) >= 11 is 0. The number of nitrogens with one attached hydrogen (secondary N) is 1. The van der Waals surface area contributed by atoms with Crippen molar-refractivity contribution in [1.29, 1.82) is 0 Å². The molecule has 4 rings (SSSR count). The van der Waals surface area contributed by atoms with Crippen molar-refractivity contribution in [3.05, 3.63) is 65.2 Å². The number of ether oxygens (including phenoxy) is 3. The van der Waals surface area contributed by atoms with Gasteiger partial charge in [-0.1, -0.05) is 30.3 Å². The topological polar surface area (TPSA) is 73.9 Å². The number of fused-ring (bicyclic) bond motifs is 3. The molecule has 0 saturated carbocycles. The molecule has 0 saturated heterocycles. The summed E-state index contributed by atoms with van der Waals surface area (Å²) < 4.78 is 14.6. The van der Waals surface area contributed by atoms with Crippen molar-refractivity contribution in [3.8, 4) is 5.75 Å². The number of alkyl carbamates (subject to hydrolysis) is 1. The Balaban J connectivity index is 0.000000247. The van der Waals surface area contributed by atoms with Crippen LogP contribution in [0.1, 0.15) is 28.4 Å². The van der Waals surface area contributed by atoms with Gasteiger partial charge in [0, 0.05) is 6.54 Å². The summed E-state index contributed by atoms with van der Waals surface area (Å²) in [5.41, 5.74) is 2.62. The lowest BCUT2D eigenvalue weighted by Crippen LogP contribution is -2.26. The zero-order valence-electron chi connectivity index (χ0n) is 15.0. The van der Waals surface area contributed by atoms with Gasteiger partial charge >= 0.3 is 12.1 Å². The van der Waals surface area contributed by atoms with Gasteiger partial charge in [-0.15, -0.1) is 0 Å². The van der Waals surface area contributed by atoms with Crippen LogP contribution in [0.2, 0.25) is 0 Å². The van der Waals surface area contributed by atoms with Crippen LogP contribution >= 0.6 is 0 Å². The third-order valence-electron chi connectivity index (χ3n) is 3.69. The Hall–Kier alpha value is -3.02. The molecule has 138 valence electrons. The first kappa shape index (κ1) is 19.3. The van der Waals surface area contributed by atoms with Gasteiger partial charge in [0.05, 0.1) is 19.3 Å². The van der Waals surface area contributed by atoms with E-state index in [1.165, 1.54) is 12.7 Å². The lowest BCUT2D eigenvalue weighted by atomic mass is 10.0. The Morgan fingerprint density at radius 1 is 1.12 bits per heavy atom. The maximum atomic E-state index is 11.5. The van der Waals surface area contributed by atoms with Gasteiger partial charge in [-0.2, -0.15) is 0 Å². The highest BCUT2D eigenvalue weighted by molar-refractivity contribution is 5.91. The quantitative estimate of drug-likeness (QED) is 0.831. The van der Waals surface area contributed by atoms with E-state index in [9.17, 15) is 9.59 Å². The fourth-order valence-electron chi connectivity index (χ4n) is 2.38. The second-order valence-electron chi connectivity index (χ2n) is 5.48. The molecular weight excluding hydrogens is 334 g/mol. The van der Waals surface area contributed by atoms with Crippen LogP contribution in [0.4, 0.5) is 4.79 Å². The van der Waals surface area contributed by atoms with E-state index >= 15 is 0 Å². The summed E-state index contributed by atoms with van der Waals surface area (Å²) in [6.45, 7) is 3.26. The van der Waals surface area contributed by atoms with E-state index in [-0.39, 0.29) is 5.97 Å². The Labute approximate surface area is 153 Å². The minimum Gasteiger partial charge on any atom is -0.489 e. The van der Waals surface area contributed by atoms with Crippen LogP contribution in [0.15, 0.2) is 48.5 Å². The van der Waals surface area contributed by atoms with E-state index in [0.29, 0.717) is 25.1 Å². The molecule has 1 N–H and O–H groups in total. The summed E-state index contributed by atoms with van der Waals surface area (Å²) in [6, 6.07) is 15.3. The first-order valence-corrected chi connectivity index (χ1v) is 8.42. The average Bonchev–Trinajstić information content (AvgIpc) is 2.70. The summed E-state index contributed by atoms with van der Waals surface area (Å²) in [5, 5.41) is 2.60. The third-order valence-corrected chi connectivity index (χ3v) is 3.69. The fourth-order valence-corrected chi connectivity index (χ4v) is 2.38. The molecule has 2 heterocycles. The van der Waals surface area contributed by atoms with Gasteiger partial charge in [-0.3, -0.25) is 0 Å². The molecule has 0 aliphatic carbocycles. The Kier molecular flexibility index (Phi) is 7.49. The maximum Gasteiger partial charge on any atom is 0.407 e. The summed E-state index contributed by atoms with van der Waals surface area (Å²) in [5.74, 6) is 0.613. The predicted molar refractivity (Wildman–Crippen MR) is 97.3 cm³/mol. The number of hydrogen-bond acceptors (Lipinski definition) is 5. The second kappa shape index (κ2) is 10.1. The first-order chi connectivity index (χ1) is 12.6. The van der Waals surface area contributed by atoms with Crippen LogP contribution in [0.25, 0.3) is 0 Å². The van der Waals surface area contributed by atoms with Gasteiger partial charge in [-0.25, -0.2) is 9.59 Å². The average molecular weight is 357 g/mol. The zero-order chi connectivity index (χ0) is 18.8. The van der Waals surface area contributed by atoms with Gasteiger partial charge in [0.15, 0.2) is 0 Å². The van der Waals surface area contributed by atoms with Gasteiger partial charge in [-0.05, 0) is 42.7 Å². The van der Waals surface area contributed by atoms with Crippen molar-refractivity contribution in [2.45, 2.75) is 20.0 Å². The molecule has 2 aromatic carbocycles. The van der Waals surface area contributed by atoms with E-state index < -0.39 is 6.09 Å². The first-order valence-electron chi connectivity index (χ1n) is 8.42. The molecule has 2 bridgehead atoms. The molecule has 0 atom stereocenters. The van der Waals surface area contributed by atoms with Crippen LogP contribution in [-0.4, -0.2) is 32.3 Å².